The van der Waals surface area contributed by atoms with E-state index >= 15 is 0 Å². The molecule has 6 nitrogen and oxygen atoms in total. The van der Waals surface area contributed by atoms with Crippen LogP contribution in [0.1, 0.15) is 30.4 Å². The number of nitro benzene ring substituents is 1. The zero-order chi connectivity index (χ0) is 17.2. The summed E-state index contributed by atoms with van der Waals surface area (Å²) in [6.07, 6.45) is 2.84. The van der Waals surface area contributed by atoms with Crippen molar-refractivity contribution in [3.8, 4) is 0 Å². The Kier molecular flexibility index (Phi) is 4.20. The van der Waals surface area contributed by atoms with Crippen molar-refractivity contribution in [3.05, 3.63) is 69.8 Å². The Labute approximate surface area is 140 Å². The molecule has 1 fully saturated rings. The molecule has 0 unspecified atom stereocenters. The zero-order valence-electron chi connectivity index (χ0n) is 13.4. The standard InChI is InChI=1S/C18H19N3O3/c1-13-8-9-15(21(23)24)12-16(13)19-17(22)20-18(10-5-11-18)14-6-3-2-4-7-14/h2-4,6-9,12H,5,10-11H2,1H3,(H2,19,20,22). The number of anilines is 1. The Hall–Kier alpha value is -2.89. The molecule has 2 N–H and O–H groups in total. The second kappa shape index (κ2) is 6.31. The molecule has 6 heteroatoms. The maximum Gasteiger partial charge on any atom is 0.319 e. The number of hydrogen-bond acceptors (Lipinski definition) is 3. The van der Waals surface area contributed by atoms with Gasteiger partial charge in [-0.3, -0.25) is 10.1 Å². The van der Waals surface area contributed by atoms with Gasteiger partial charge in [0.2, 0.25) is 0 Å². The predicted octanol–water partition coefficient (Wildman–Crippen LogP) is 4.10. The van der Waals surface area contributed by atoms with Crippen molar-refractivity contribution in [2.45, 2.75) is 31.7 Å². The first-order valence-corrected chi connectivity index (χ1v) is 7.90. The summed E-state index contributed by atoms with van der Waals surface area (Å²) in [7, 11) is 0. The van der Waals surface area contributed by atoms with Gasteiger partial charge in [0, 0.05) is 12.1 Å². The van der Waals surface area contributed by atoms with Crippen molar-refractivity contribution in [3.63, 3.8) is 0 Å². The first kappa shape index (κ1) is 16.0. The van der Waals surface area contributed by atoms with Crippen LogP contribution in [0.2, 0.25) is 0 Å². The van der Waals surface area contributed by atoms with Gasteiger partial charge in [0.15, 0.2) is 0 Å². The molecule has 2 amide bonds. The lowest BCUT2D eigenvalue weighted by Crippen LogP contribution is -2.52. The number of carbonyl (C=O) groups excluding carboxylic acids is 1. The van der Waals surface area contributed by atoms with Crippen molar-refractivity contribution in [1.29, 1.82) is 0 Å². The van der Waals surface area contributed by atoms with Gasteiger partial charge in [-0.15, -0.1) is 0 Å². The molecule has 0 aromatic heterocycles. The fraction of sp³-hybridized carbons (Fsp3) is 0.278. The summed E-state index contributed by atoms with van der Waals surface area (Å²) in [6.45, 7) is 1.80. The molecule has 0 spiro atoms. The van der Waals surface area contributed by atoms with Crippen LogP contribution in [0.3, 0.4) is 0 Å². The summed E-state index contributed by atoms with van der Waals surface area (Å²) in [6, 6.07) is 14.0. The van der Waals surface area contributed by atoms with Crippen molar-refractivity contribution in [2.75, 3.05) is 5.32 Å². The highest BCUT2D eigenvalue weighted by Gasteiger charge is 2.40. The maximum atomic E-state index is 12.4. The zero-order valence-corrected chi connectivity index (χ0v) is 13.4. The highest BCUT2D eigenvalue weighted by molar-refractivity contribution is 5.91. The molecule has 2 aromatic carbocycles. The summed E-state index contributed by atoms with van der Waals surface area (Å²) in [5, 5.41) is 16.7. The van der Waals surface area contributed by atoms with E-state index in [0.717, 1.165) is 30.4 Å². The molecular formula is C18H19N3O3. The molecule has 2 aromatic rings. The fourth-order valence-electron chi connectivity index (χ4n) is 3.00. The van der Waals surface area contributed by atoms with Gasteiger partial charge in [-0.1, -0.05) is 36.4 Å². The van der Waals surface area contributed by atoms with Crippen LogP contribution in [0.4, 0.5) is 16.2 Å². The number of carbonyl (C=O) groups is 1. The highest BCUT2D eigenvalue weighted by atomic mass is 16.6. The van der Waals surface area contributed by atoms with Gasteiger partial charge in [0.25, 0.3) is 5.69 Å². The summed E-state index contributed by atoms with van der Waals surface area (Å²) in [5.41, 5.74) is 1.92. The van der Waals surface area contributed by atoms with Crippen molar-refractivity contribution in [1.82, 2.24) is 5.32 Å². The number of nitro groups is 1. The summed E-state index contributed by atoms with van der Waals surface area (Å²) in [5.74, 6) is 0. The first-order valence-electron chi connectivity index (χ1n) is 7.90. The molecule has 3 rings (SSSR count). The van der Waals surface area contributed by atoms with E-state index in [-0.39, 0.29) is 17.3 Å². The van der Waals surface area contributed by atoms with Crippen molar-refractivity contribution < 1.29 is 9.72 Å². The molecule has 0 aliphatic heterocycles. The monoisotopic (exact) mass is 325 g/mol. The average Bonchev–Trinajstić information content (AvgIpc) is 2.53. The minimum Gasteiger partial charge on any atom is -0.328 e. The smallest absolute Gasteiger partial charge is 0.319 e. The molecule has 0 saturated heterocycles. The number of benzene rings is 2. The summed E-state index contributed by atoms with van der Waals surface area (Å²) >= 11 is 0. The number of amides is 2. The molecular weight excluding hydrogens is 306 g/mol. The largest absolute Gasteiger partial charge is 0.328 e. The van der Waals surface area contributed by atoms with Gasteiger partial charge in [0.1, 0.15) is 0 Å². The Morgan fingerprint density at radius 3 is 2.46 bits per heavy atom. The normalized spacial score (nSPS) is 15.2. The third-order valence-electron chi connectivity index (χ3n) is 4.57. The summed E-state index contributed by atoms with van der Waals surface area (Å²) < 4.78 is 0. The second-order valence-electron chi connectivity index (χ2n) is 6.14. The molecule has 0 radical (unpaired) electrons. The minimum absolute atomic E-state index is 0.0442. The third-order valence-corrected chi connectivity index (χ3v) is 4.57. The van der Waals surface area contributed by atoms with Gasteiger partial charge in [0.05, 0.1) is 16.1 Å². The van der Waals surface area contributed by atoms with E-state index in [1.807, 2.05) is 30.3 Å². The van der Waals surface area contributed by atoms with Crippen LogP contribution in [0.5, 0.6) is 0 Å². The van der Waals surface area contributed by atoms with Crippen molar-refractivity contribution in [2.24, 2.45) is 0 Å². The van der Waals surface area contributed by atoms with Crippen LogP contribution in [0, 0.1) is 17.0 Å². The van der Waals surface area contributed by atoms with E-state index in [4.69, 9.17) is 0 Å². The molecule has 124 valence electrons. The third kappa shape index (κ3) is 3.08. The number of urea groups is 1. The Morgan fingerprint density at radius 2 is 1.88 bits per heavy atom. The van der Waals surface area contributed by atoms with Crippen LogP contribution < -0.4 is 10.6 Å². The predicted molar refractivity (Wildman–Crippen MR) is 92.0 cm³/mol. The van der Waals surface area contributed by atoms with E-state index in [9.17, 15) is 14.9 Å². The molecule has 0 bridgehead atoms. The lowest BCUT2D eigenvalue weighted by atomic mass is 9.72. The Bertz CT molecular complexity index is 770. The number of rotatable bonds is 4. The molecule has 1 aliphatic carbocycles. The molecule has 1 aliphatic rings. The maximum absolute atomic E-state index is 12.4. The van der Waals surface area contributed by atoms with Crippen LogP contribution in [-0.4, -0.2) is 11.0 Å². The number of aryl methyl sites for hydroxylation is 1. The Morgan fingerprint density at radius 1 is 1.17 bits per heavy atom. The number of non-ortho nitro benzene ring substituents is 1. The van der Waals surface area contributed by atoms with Gasteiger partial charge in [-0.2, -0.15) is 0 Å². The molecule has 1 saturated carbocycles. The van der Waals surface area contributed by atoms with Gasteiger partial charge < -0.3 is 10.6 Å². The Balaban J connectivity index is 1.76. The molecule has 0 heterocycles. The van der Waals surface area contributed by atoms with Crippen LogP contribution in [-0.2, 0) is 5.54 Å². The van der Waals surface area contributed by atoms with E-state index < -0.39 is 4.92 Å². The van der Waals surface area contributed by atoms with Crippen molar-refractivity contribution >= 4 is 17.4 Å². The number of hydrogen-bond donors (Lipinski definition) is 2. The SMILES string of the molecule is Cc1ccc([N+](=O)[O-])cc1NC(=O)NC1(c2ccccc2)CCC1. The number of nitrogens with one attached hydrogen (secondary N) is 2. The lowest BCUT2D eigenvalue weighted by Gasteiger charge is -2.43. The van der Waals surface area contributed by atoms with Gasteiger partial charge in [-0.25, -0.2) is 4.79 Å². The first-order chi connectivity index (χ1) is 11.5. The second-order valence-corrected chi connectivity index (χ2v) is 6.14. The topological polar surface area (TPSA) is 84.3 Å². The van der Waals surface area contributed by atoms with E-state index in [1.54, 1.807) is 13.0 Å². The van der Waals surface area contributed by atoms with Gasteiger partial charge >= 0.3 is 6.03 Å². The number of nitrogens with zero attached hydrogens (tertiary/aromatic N) is 1. The van der Waals surface area contributed by atoms with Gasteiger partial charge in [-0.05, 0) is 37.3 Å². The van der Waals surface area contributed by atoms with Crippen LogP contribution in [0.25, 0.3) is 0 Å². The highest BCUT2D eigenvalue weighted by Crippen LogP contribution is 2.41. The molecule has 24 heavy (non-hydrogen) atoms. The lowest BCUT2D eigenvalue weighted by molar-refractivity contribution is -0.384. The minimum atomic E-state index is -0.472. The van der Waals surface area contributed by atoms with Crippen LogP contribution >= 0.6 is 0 Å². The average molecular weight is 325 g/mol. The molecule has 0 atom stereocenters. The fourth-order valence-corrected chi connectivity index (χ4v) is 3.00. The van der Waals surface area contributed by atoms with Crippen LogP contribution in [0.15, 0.2) is 48.5 Å². The quantitative estimate of drug-likeness (QED) is 0.655. The van der Waals surface area contributed by atoms with E-state index in [2.05, 4.69) is 10.6 Å². The van der Waals surface area contributed by atoms with E-state index in [1.165, 1.54) is 12.1 Å². The van der Waals surface area contributed by atoms with E-state index in [0.29, 0.717) is 5.69 Å². The summed E-state index contributed by atoms with van der Waals surface area (Å²) in [4.78, 5) is 22.9.